The second-order valence-corrected chi connectivity index (χ2v) is 1.32. The van der Waals surface area contributed by atoms with Crippen molar-refractivity contribution in [3.05, 3.63) is 12.2 Å². The summed E-state index contributed by atoms with van der Waals surface area (Å²) >= 11 is 0. The van der Waals surface area contributed by atoms with Gasteiger partial charge in [0.1, 0.15) is 6.54 Å². The minimum absolute atomic E-state index is 0. The standard InChI is InChI=1S/C5H5NO.Cu/c7-5-2-1-3-6-4-5;/h1-3H,4H2;. The molecule has 1 aliphatic rings. The number of hydrogen-bond acceptors (Lipinski definition) is 2. The number of rotatable bonds is 0. The summed E-state index contributed by atoms with van der Waals surface area (Å²) in [6.45, 7) is 0.330. The van der Waals surface area contributed by atoms with Gasteiger partial charge in [0.05, 0.1) is 0 Å². The zero-order valence-electron chi connectivity index (χ0n) is 4.10. The molecule has 0 fully saturated rings. The molecule has 0 aliphatic carbocycles. The van der Waals surface area contributed by atoms with Gasteiger partial charge >= 0.3 is 0 Å². The fourth-order valence-electron chi connectivity index (χ4n) is 0.407. The summed E-state index contributed by atoms with van der Waals surface area (Å²) in [7, 11) is 0. The molecule has 0 saturated heterocycles. The van der Waals surface area contributed by atoms with Gasteiger partial charge in [-0.2, -0.15) is 0 Å². The number of ketones is 1. The van der Waals surface area contributed by atoms with Crippen LogP contribution in [0, 0.1) is 0 Å². The smallest absolute Gasteiger partial charge is 0.177 e. The summed E-state index contributed by atoms with van der Waals surface area (Å²) in [5.41, 5.74) is 0. The number of aliphatic imine (C=N–C) groups is 1. The normalized spacial score (nSPS) is 15.8. The van der Waals surface area contributed by atoms with Crippen molar-refractivity contribution in [2.24, 2.45) is 4.99 Å². The van der Waals surface area contributed by atoms with E-state index in [9.17, 15) is 4.79 Å². The summed E-state index contributed by atoms with van der Waals surface area (Å²) < 4.78 is 0. The number of carbonyl (C=O) groups is 1. The number of allylic oxidation sites excluding steroid dienone is 1. The van der Waals surface area contributed by atoms with Crippen molar-refractivity contribution in [1.82, 2.24) is 0 Å². The van der Waals surface area contributed by atoms with Crippen LogP contribution in [0.3, 0.4) is 0 Å². The molecule has 0 aromatic heterocycles. The molecule has 0 bridgehead atoms. The molecule has 2 nitrogen and oxygen atoms in total. The second kappa shape index (κ2) is 3.58. The molecule has 0 atom stereocenters. The maximum Gasteiger partial charge on any atom is 0.177 e. The van der Waals surface area contributed by atoms with Gasteiger partial charge < -0.3 is 0 Å². The predicted octanol–water partition coefficient (Wildman–Crippen LogP) is 0.194. The molecule has 0 N–H and O–H groups in total. The molecule has 0 spiro atoms. The van der Waals surface area contributed by atoms with Crippen molar-refractivity contribution in [2.75, 3.05) is 6.54 Å². The van der Waals surface area contributed by atoms with E-state index >= 15 is 0 Å². The molecule has 3 heteroatoms. The Morgan fingerprint density at radius 1 is 1.62 bits per heavy atom. The van der Waals surface area contributed by atoms with Crippen LogP contribution in [0.2, 0.25) is 0 Å². The molecule has 1 aliphatic heterocycles. The monoisotopic (exact) mass is 158 g/mol. The first-order valence-electron chi connectivity index (χ1n) is 2.09. The maximum atomic E-state index is 10.3. The van der Waals surface area contributed by atoms with Crippen molar-refractivity contribution in [3.8, 4) is 0 Å². The van der Waals surface area contributed by atoms with Gasteiger partial charge in [0.2, 0.25) is 0 Å². The van der Waals surface area contributed by atoms with Crippen LogP contribution < -0.4 is 0 Å². The van der Waals surface area contributed by atoms with Crippen LogP contribution in [0.5, 0.6) is 0 Å². The van der Waals surface area contributed by atoms with Crippen molar-refractivity contribution in [2.45, 2.75) is 0 Å². The number of hydrogen-bond donors (Lipinski definition) is 0. The molecule has 47 valence electrons. The van der Waals surface area contributed by atoms with Crippen molar-refractivity contribution in [1.29, 1.82) is 0 Å². The minimum atomic E-state index is 0. The van der Waals surface area contributed by atoms with E-state index in [1.165, 1.54) is 6.08 Å². The first-order chi connectivity index (χ1) is 3.39. The Morgan fingerprint density at radius 2 is 2.38 bits per heavy atom. The van der Waals surface area contributed by atoms with Crippen molar-refractivity contribution in [3.63, 3.8) is 0 Å². The molecule has 1 heterocycles. The fourth-order valence-corrected chi connectivity index (χ4v) is 0.407. The molecule has 0 amide bonds. The molecule has 0 aromatic rings. The van der Waals surface area contributed by atoms with Crippen LogP contribution in [0.15, 0.2) is 17.1 Å². The van der Waals surface area contributed by atoms with Gasteiger partial charge in [0.25, 0.3) is 0 Å². The SMILES string of the molecule is O=C1C=CC=NC1.[Cu]. The third kappa shape index (κ3) is 2.05. The first-order valence-corrected chi connectivity index (χ1v) is 2.09. The fraction of sp³-hybridized carbons (Fsp3) is 0.200. The van der Waals surface area contributed by atoms with Crippen LogP contribution >= 0.6 is 0 Å². The molecule has 1 radical (unpaired) electrons. The average Bonchev–Trinajstić information content (AvgIpc) is 1.69. The van der Waals surface area contributed by atoms with E-state index in [-0.39, 0.29) is 22.9 Å². The largest absolute Gasteiger partial charge is 0.293 e. The zero-order chi connectivity index (χ0) is 5.11. The molecule has 1 rings (SSSR count). The Kier molecular flexibility index (Phi) is 3.40. The summed E-state index contributed by atoms with van der Waals surface area (Å²) in [6.07, 6.45) is 4.79. The van der Waals surface area contributed by atoms with Crippen LogP contribution in [0.25, 0.3) is 0 Å². The quantitative estimate of drug-likeness (QED) is 0.463. The number of dihydropyridines is 1. The molecule has 0 unspecified atom stereocenters. The van der Waals surface area contributed by atoms with Crippen LogP contribution in [-0.2, 0) is 21.9 Å². The Labute approximate surface area is 58.2 Å². The van der Waals surface area contributed by atoms with Gasteiger partial charge in [-0.05, 0) is 12.2 Å². The first kappa shape index (κ1) is 7.60. The van der Waals surface area contributed by atoms with E-state index in [1.54, 1.807) is 12.3 Å². The van der Waals surface area contributed by atoms with E-state index in [4.69, 9.17) is 0 Å². The van der Waals surface area contributed by atoms with E-state index < -0.39 is 0 Å². The van der Waals surface area contributed by atoms with Crippen molar-refractivity contribution < 1.29 is 21.9 Å². The van der Waals surface area contributed by atoms with E-state index in [0.717, 1.165) is 0 Å². The van der Waals surface area contributed by atoms with E-state index in [1.807, 2.05) is 0 Å². The molecular weight excluding hydrogens is 154 g/mol. The summed E-state index contributed by atoms with van der Waals surface area (Å²) in [5.74, 6) is 0.0856. The van der Waals surface area contributed by atoms with Gasteiger partial charge in [-0.3, -0.25) is 9.79 Å². The van der Waals surface area contributed by atoms with Crippen LogP contribution in [0.4, 0.5) is 0 Å². The van der Waals surface area contributed by atoms with Gasteiger partial charge in [-0.1, -0.05) is 0 Å². The van der Waals surface area contributed by atoms with Gasteiger partial charge in [0.15, 0.2) is 5.78 Å². The van der Waals surface area contributed by atoms with Gasteiger partial charge in [0, 0.05) is 23.3 Å². The average molecular weight is 159 g/mol. The maximum absolute atomic E-state index is 10.3. The summed E-state index contributed by atoms with van der Waals surface area (Å²) in [5, 5.41) is 0. The Bertz CT molecular complexity index is 139. The molecule has 0 aromatic carbocycles. The molecule has 0 saturated carbocycles. The second-order valence-electron chi connectivity index (χ2n) is 1.32. The summed E-state index contributed by atoms with van der Waals surface area (Å²) in [4.78, 5) is 14.0. The Hall–Kier alpha value is -0.401. The summed E-state index contributed by atoms with van der Waals surface area (Å²) in [6, 6.07) is 0. The molecular formula is C5H5CuNO. The van der Waals surface area contributed by atoms with E-state index in [0.29, 0.717) is 6.54 Å². The third-order valence-electron chi connectivity index (χ3n) is 0.721. The topological polar surface area (TPSA) is 29.4 Å². The number of nitrogens with zero attached hydrogens (tertiary/aromatic N) is 1. The van der Waals surface area contributed by atoms with Crippen LogP contribution in [0.1, 0.15) is 0 Å². The Balaban J connectivity index is 0.000000490. The van der Waals surface area contributed by atoms with Gasteiger partial charge in [-0.15, -0.1) is 0 Å². The Morgan fingerprint density at radius 3 is 2.62 bits per heavy atom. The van der Waals surface area contributed by atoms with E-state index in [2.05, 4.69) is 4.99 Å². The number of carbonyl (C=O) groups excluding carboxylic acids is 1. The van der Waals surface area contributed by atoms with Gasteiger partial charge in [-0.25, -0.2) is 0 Å². The third-order valence-corrected chi connectivity index (χ3v) is 0.721. The predicted molar refractivity (Wildman–Crippen MR) is 27.5 cm³/mol. The minimum Gasteiger partial charge on any atom is -0.293 e. The zero-order valence-corrected chi connectivity index (χ0v) is 5.04. The van der Waals surface area contributed by atoms with Crippen LogP contribution in [-0.4, -0.2) is 18.5 Å². The van der Waals surface area contributed by atoms with Crippen molar-refractivity contribution >= 4 is 12.0 Å². The molecule has 8 heavy (non-hydrogen) atoms.